The SMILES string of the molecule is O=S(=O)(O)c1cc(N/N=C(/C=N\[O-])c2ccccc2)ccc1/C=C/c1ccc(N/N=C(/C=N\[O-])c2ccccc2)cc1S(=O)(=O)O. The molecule has 0 aliphatic carbocycles. The molecule has 0 aliphatic rings. The quantitative estimate of drug-likeness (QED) is 0.0678. The van der Waals surface area contributed by atoms with Crippen LogP contribution in [-0.2, 0) is 20.2 Å². The molecule has 14 nitrogen and oxygen atoms in total. The maximum atomic E-state index is 12.2. The van der Waals surface area contributed by atoms with Gasteiger partial charge in [-0.05, 0) is 35.4 Å². The van der Waals surface area contributed by atoms with Crippen molar-refractivity contribution in [1.29, 1.82) is 0 Å². The van der Waals surface area contributed by atoms with Gasteiger partial charge in [0.2, 0.25) is 0 Å². The average Bonchev–Trinajstić information content (AvgIpc) is 3.04. The smallest absolute Gasteiger partial charge is 0.295 e. The Bertz CT molecular complexity index is 1920. The molecule has 46 heavy (non-hydrogen) atoms. The summed E-state index contributed by atoms with van der Waals surface area (Å²) in [5.74, 6) is 0. The highest BCUT2D eigenvalue weighted by Gasteiger charge is 2.18. The lowest BCUT2D eigenvalue weighted by Crippen LogP contribution is -2.07. The molecule has 0 bridgehead atoms. The van der Waals surface area contributed by atoms with Crippen LogP contribution in [0.3, 0.4) is 0 Å². The van der Waals surface area contributed by atoms with Crippen molar-refractivity contribution >= 4 is 67.6 Å². The fourth-order valence-electron chi connectivity index (χ4n) is 4.01. The largest absolute Gasteiger partial charge is 0.792 e. The molecule has 0 heterocycles. The number of hydrogen-bond donors (Lipinski definition) is 4. The van der Waals surface area contributed by atoms with Gasteiger partial charge in [0.25, 0.3) is 20.2 Å². The number of hydrazone groups is 2. The third-order valence-corrected chi connectivity index (χ3v) is 7.94. The first-order chi connectivity index (χ1) is 22.0. The van der Waals surface area contributed by atoms with Crippen LogP contribution >= 0.6 is 0 Å². The van der Waals surface area contributed by atoms with Gasteiger partial charge < -0.3 is 20.7 Å². The van der Waals surface area contributed by atoms with E-state index in [2.05, 4.69) is 31.4 Å². The number of benzene rings is 4. The number of rotatable bonds is 12. The van der Waals surface area contributed by atoms with Gasteiger partial charge in [-0.3, -0.25) is 20.0 Å². The third kappa shape index (κ3) is 8.93. The Hall–Kier alpha value is -5.68. The van der Waals surface area contributed by atoms with E-state index in [9.17, 15) is 36.4 Å². The molecule has 0 radical (unpaired) electrons. The van der Waals surface area contributed by atoms with E-state index < -0.39 is 30.0 Å². The number of hydrogen-bond acceptors (Lipinski definition) is 12. The van der Waals surface area contributed by atoms with Crippen molar-refractivity contribution in [2.75, 3.05) is 10.9 Å². The van der Waals surface area contributed by atoms with Crippen molar-refractivity contribution in [3.8, 4) is 0 Å². The molecular formula is C30H24N6O8S2-2. The molecule has 0 saturated carbocycles. The number of nitrogens with zero attached hydrogens (tertiary/aromatic N) is 4. The Morgan fingerprint density at radius 3 is 1.28 bits per heavy atom. The van der Waals surface area contributed by atoms with Gasteiger partial charge in [0.1, 0.15) is 21.2 Å². The Labute approximate surface area is 263 Å². The van der Waals surface area contributed by atoms with Gasteiger partial charge in [0, 0.05) is 23.6 Å². The van der Waals surface area contributed by atoms with Gasteiger partial charge in [-0.25, -0.2) is 0 Å². The normalized spacial score (nSPS) is 13.1. The average molecular weight is 661 g/mol. The first-order valence-electron chi connectivity index (χ1n) is 13.0. The minimum Gasteiger partial charge on any atom is -0.792 e. The minimum atomic E-state index is -4.79. The fourth-order valence-corrected chi connectivity index (χ4v) is 5.43. The Morgan fingerprint density at radius 2 is 0.957 bits per heavy atom. The van der Waals surface area contributed by atoms with Gasteiger partial charge in [-0.15, -0.1) is 0 Å². The lowest BCUT2D eigenvalue weighted by Gasteiger charge is -2.10. The first-order valence-corrected chi connectivity index (χ1v) is 15.9. The molecule has 0 unspecified atom stereocenters. The minimum absolute atomic E-state index is 0.0288. The van der Waals surface area contributed by atoms with Crippen molar-refractivity contribution in [3.63, 3.8) is 0 Å². The summed E-state index contributed by atoms with van der Waals surface area (Å²) in [5, 5.41) is 35.4. The summed E-state index contributed by atoms with van der Waals surface area (Å²) < 4.78 is 68.8. The number of anilines is 2. The van der Waals surface area contributed by atoms with E-state index >= 15 is 0 Å². The van der Waals surface area contributed by atoms with Gasteiger partial charge >= 0.3 is 0 Å². The van der Waals surface area contributed by atoms with Crippen molar-refractivity contribution in [2.24, 2.45) is 20.5 Å². The standard InChI is InChI=1S/C30H26N6O8S2/c37-31-19-27(21-7-3-1-4-8-21)35-33-25-15-13-23(29(17-25)45(39,40)41)11-12-24-14-16-26(18-30(24)46(42,43)44)34-36-28(20-32-38)22-9-5-2-6-10-22/h1-20,33-34,37-38H,(H,39,40,41)(H,42,43,44)/p-2/b12-11+,31-19-,32-20-,35-27-,36-28-. The Morgan fingerprint density at radius 1 is 0.587 bits per heavy atom. The van der Waals surface area contributed by atoms with Crippen LogP contribution in [0.5, 0.6) is 0 Å². The highest BCUT2D eigenvalue weighted by atomic mass is 32.2. The highest BCUT2D eigenvalue weighted by molar-refractivity contribution is 7.86. The monoisotopic (exact) mass is 660 g/mol. The third-order valence-electron chi connectivity index (χ3n) is 6.13. The molecule has 4 aromatic carbocycles. The molecule has 0 saturated heterocycles. The van der Waals surface area contributed by atoms with E-state index in [4.69, 9.17) is 0 Å². The summed E-state index contributed by atoms with van der Waals surface area (Å²) in [7, 11) is -9.58. The first kappa shape index (κ1) is 33.2. The van der Waals surface area contributed by atoms with E-state index in [1.807, 2.05) is 0 Å². The summed E-state index contributed by atoms with van der Waals surface area (Å²) in [5.41, 5.74) is 6.86. The van der Waals surface area contributed by atoms with Crippen LogP contribution < -0.4 is 10.9 Å². The van der Waals surface area contributed by atoms with Crippen LogP contribution in [0.2, 0.25) is 0 Å². The number of nitrogens with one attached hydrogen (secondary N) is 2. The molecule has 0 aliphatic heterocycles. The fraction of sp³-hybridized carbons (Fsp3) is 0. The van der Waals surface area contributed by atoms with E-state index in [-0.39, 0.29) is 33.9 Å². The molecule has 4 rings (SSSR count). The van der Waals surface area contributed by atoms with Crippen molar-refractivity contribution in [2.45, 2.75) is 9.79 Å². The summed E-state index contributed by atoms with van der Waals surface area (Å²) >= 11 is 0. The zero-order valence-electron chi connectivity index (χ0n) is 23.5. The summed E-state index contributed by atoms with van der Waals surface area (Å²) in [6.07, 6.45) is 4.38. The summed E-state index contributed by atoms with van der Waals surface area (Å²) in [4.78, 5) is -1.09. The molecule has 4 N–H and O–H groups in total. The van der Waals surface area contributed by atoms with Crippen LogP contribution in [0.15, 0.2) is 127 Å². The Kier molecular flexibility index (Phi) is 10.7. The van der Waals surface area contributed by atoms with Gasteiger partial charge in [-0.2, -0.15) is 27.0 Å². The van der Waals surface area contributed by atoms with Crippen molar-refractivity contribution < 1.29 is 25.9 Å². The lowest BCUT2D eigenvalue weighted by atomic mass is 10.1. The zero-order valence-corrected chi connectivity index (χ0v) is 25.1. The van der Waals surface area contributed by atoms with Crippen LogP contribution in [0.4, 0.5) is 11.4 Å². The second-order valence-electron chi connectivity index (χ2n) is 9.21. The second kappa shape index (κ2) is 14.9. The molecular weight excluding hydrogens is 636 g/mol. The van der Waals surface area contributed by atoms with Gasteiger partial charge in [0.05, 0.1) is 11.4 Å². The van der Waals surface area contributed by atoms with E-state index in [0.29, 0.717) is 11.1 Å². The Balaban J connectivity index is 1.65. The molecule has 0 fully saturated rings. The van der Waals surface area contributed by atoms with E-state index in [1.165, 1.54) is 36.4 Å². The van der Waals surface area contributed by atoms with Crippen LogP contribution in [0.25, 0.3) is 12.2 Å². The molecule has 16 heteroatoms. The summed E-state index contributed by atoms with van der Waals surface area (Å²) in [6, 6.07) is 24.8. The van der Waals surface area contributed by atoms with E-state index in [0.717, 1.165) is 24.6 Å². The second-order valence-corrected chi connectivity index (χ2v) is 12.0. The van der Waals surface area contributed by atoms with Crippen molar-refractivity contribution in [1.82, 2.24) is 0 Å². The zero-order chi connectivity index (χ0) is 33.2. The summed E-state index contributed by atoms with van der Waals surface area (Å²) in [6.45, 7) is 0. The van der Waals surface area contributed by atoms with Crippen molar-refractivity contribution in [3.05, 3.63) is 130 Å². The van der Waals surface area contributed by atoms with Gasteiger partial charge in [-0.1, -0.05) is 84.9 Å². The molecule has 0 aromatic heterocycles. The molecule has 0 atom stereocenters. The van der Waals surface area contributed by atoms with E-state index in [1.54, 1.807) is 60.7 Å². The predicted octanol–water partition coefficient (Wildman–Crippen LogP) is 5.12. The molecule has 0 spiro atoms. The van der Waals surface area contributed by atoms with Crippen LogP contribution in [0, 0.1) is 10.4 Å². The van der Waals surface area contributed by atoms with Gasteiger partial charge in [0.15, 0.2) is 0 Å². The molecule has 236 valence electrons. The van der Waals surface area contributed by atoms with Crippen LogP contribution in [0.1, 0.15) is 22.3 Å². The topological polar surface area (TPSA) is 228 Å². The maximum Gasteiger partial charge on any atom is 0.295 e. The molecule has 0 amide bonds. The maximum absolute atomic E-state index is 12.2. The molecule has 4 aromatic rings. The lowest BCUT2D eigenvalue weighted by molar-refractivity contribution is 0.480. The predicted molar refractivity (Wildman–Crippen MR) is 178 cm³/mol. The highest BCUT2D eigenvalue weighted by Crippen LogP contribution is 2.26. The van der Waals surface area contributed by atoms with Crippen LogP contribution in [-0.4, -0.2) is 49.8 Å².